The standard InChI is InChI=1S/C11H15NO/c1-12-8-3-2-5-10-6-4-7-11(13)9-10/h2,4-7,9,12-13H,3,8H2,1H3. The van der Waals surface area contributed by atoms with Crippen LogP contribution in [0, 0.1) is 0 Å². The summed E-state index contributed by atoms with van der Waals surface area (Å²) in [6, 6.07) is 7.23. The van der Waals surface area contributed by atoms with Gasteiger partial charge in [-0.15, -0.1) is 0 Å². The van der Waals surface area contributed by atoms with Crippen LogP contribution in [-0.2, 0) is 0 Å². The number of hydrogen-bond donors (Lipinski definition) is 2. The Hall–Kier alpha value is -1.28. The number of phenols is 1. The van der Waals surface area contributed by atoms with Crippen molar-refractivity contribution < 1.29 is 5.11 Å². The molecule has 2 N–H and O–H groups in total. The molecule has 0 radical (unpaired) electrons. The molecular weight excluding hydrogens is 162 g/mol. The maximum atomic E-state index is 9.17. The minimum absolute atomic E-state index is 0.316. The summed E-state index contributed by atoms with van der Waals surface area (Å²) >= 11 is 0. The minimum atomic E-state index is 0.316. The fraction of sp³-hybridized carbons (Fsp3) is 0.273. The van der Waals surface area contributed by atoms with Gasteiger partial charge >= 0.3 is 0 Å². The van der Waals surface area contributed by atoms with Crippen LogP contribution in [0.15, 0.2) is 30.3 Å². The van der Waals surface area contributed by atoms with Crippen LogP contribution < -0.4 is 5.32 Å². The minimum Gasteiger partial charge on any atom is -0.508 e. The molecule has 0 saturated carbocycles. The third-order valence-corrected chi connectivity index (χ3v) is 1.74. The van der Waals surface area contributed by atoms with E-state index in [-0.39, 0.29) is 0 Å². The lowest BCUT2D eigenvalue weighted by Crippen LogP contribution is -2.05. The fourth-order valence-corrected chi connectivity index (χ4v) is 1.08. The van der Waals surface area contributed by atoms with Crippen LogP contribution in [0.4, 0.5) is 0 Å². The highest BCUT2D eigenvalue weighted by molar-refractivity contribution is 5.51. The van der Waals surface area contributed by atoms with E-state index in [1.807, 2.05) is 25.3 Å². The number of benzene rings is 1. The van der Waals surface area contributed by atoms with Gasteiger partial charge in [-0.1, -0.05) is 24.3 Å². The molecule has 1 rings (SSSR count). The second-order valence-corrected chi connectivity index (χ2v) is 2.89. The average molecular weight is 177 g/mol. The molecule has 0 fully saturated rings. The molecule has 1 aromatic rings. The van der Waals surface area contributed by atoms with Gasteiger partial charge in [0.05, 0.1) is 0 Å². The Morgan fingerprint density at radius 3 is 3.00 bits per heavy atom. The molecule has 0 aromatic heterocycles. The molecule has 13 heavy (non-hydrogen) atoms. The smallest absolute Gasteiger partial charge is 0.116 e. The highest BCUT2D eigenvalue weighted by atomic mass is 16.3. The summed E-state index contributed by atoms with van der Waals surface area (Å²) in [4.78, 5) is 0. The van der Waals surface area contributed by atoms with E-state index in [4.69, 9.17) is 5.11 Å². The van der Waals surface area contributed by atoms with Crippen LogP contribution in [0.25, 0.3) is 6.08 Å². The van der Waals surface area contributed by atoms with Gasteiger partial charge in [-0.2, -0.15) is 0 Å². The quantitative estimate of drug-likeness (QED) is 0.689. The predicted octanol–water partition coefficient (Wildman–Crippen LogP) is 2.01. The summed E-state index contributed by atoms with van der Waals surface area (Å²) in [7, 11) is 1.93. The molecule has 0 bridgehead atoms. The zero-order valence-corrected chi connectivity index (χ0v) is 7.83. The van der Waals surface area contributed by atoms with E-state index < -0.39 is 0 Å². The normalized spacial score (nSPS) is 10.8. The molecule has 0 aliphatic heterocycles. The van der Waals surface area contributed by atoms with Crippen LogP contribution in [0.1, 0.15) is 12.0 Å². The molecule has 2 nitrogen and oxygen atoms in total. The van der Waals surface area contributed by atoms with Crippen molar-refractivity contribution in [3.05, 3.63) is 35.9 Å². The Bertz CT molecular complexity index is 281. The SMILES string of the molecule is CNCCC=Cc1cccc(O)c1. The maximum Gasteiger partial charge on any atom is 0.116 e. The predicted molar refractivity (Wildman–Crippen MR) is 55.7 cm³/mol. The number of nitrogens with one attached hydrogen (secondary N) is 1. The third kappa shape index (κ3) is 3.76. The highest BCUT2D eigenvalue weighted by Crippen LogP contribution is 2.11. The van der Waals surface area contributed by atoms with E-state index >= 15 is 0 Å². The molecule has 2 heteroatoms. The van der Waals surface area contributed by atoms with Crippen LogP contribution in [0.5, 0.6) is 5.75 Å². The van der Waals surface area contributed by atoms with Gasteiger partial charge < -0.3 is 10.4 Å². The summed E-state index contributed by atoms with van der Waals surface area (Å²) in [5.41, 5.74) is 1.04. The molecule has 0 unspecified atom stereocenters. The first-order valence-corrected chi connectivity index (χ1v) is 4.43. The largest absolute Gasteiger partial charge is 0.508 e. The number of rotatable bonds is 4. The lowest BCUT2D eigenvalue weighted by atomic mass is 10.2. The van der Waals surface area contributed by atoms with E-state index in [9.17, 15) is 0 Å². The molecule has 0 amide bonds. The lowest BCUT2D eigenvalue weighted by Gasteiger charge is -1.95. The van der Waals surface area contributed by atoms with Crippen LogP contribution in [0.3, 0.4) is 0 Å². The van der Waals surface area contributed by atoms with Gasteiger partial charge in [0.1, 0.15) is 5.75 Å². The summed E-state index contributed by atoms with van der Waals surface area (Å²) in [5.74, 6) is 0.316. The van der Waals surface area contributed by atoms with Gasteiger partial charge in [0.2, 0.25) is 0 Å². The lowest BCUT2D eigenvalue weighted by molar-refractivity contribution is 0.475. The first-order valence-electron chi connectivity index (χ1n) is 4.43. The molecule has 1 aromatic carbocycles. The number of phenolic OH excluding ortho intramolecular Hbond substituents is 1. The maximum absolute atomic E-state index is 9.17. The van der Waals surface area contributed by atoms with Gasteiger partial charge in [0, 0.05) is 0 Å². The Morgan fingerprint density at radius 2 is 2.31 bits per heavy atom. The third-order valence-electron chi connectivity index (χ3n) is 1.74. The van der Waals surface area contributed by atoms with Gasteiger partial charge in [0.15, 0.2) is 0 Å². The first kappa shape index (κ1) is 9.81. The topological polar surface area (TPSA) is 32.3 Å². The summed E-state index contributed by atoms with van der Waals surface area (Å²) in [6.45, 7) is 0.981. The van der Waals surface area contributed by atoms with Crippen molar-refractivity contribution in [1.82, 2.24) is 5.32 Å². The van der Waals surface area contributed by atoms with Gasteiger partial charge in [-0.3, -0.25) is 0 Å². The van der Waals surface area contributed by atoms with Crippen LogP contribution in [0.2, 0.25) is 0 Å². The highest BCUT2D eigenvalue weighted by Gasteiger charge is 1.87. The van der Waals surface area contributed by atoms with Crippen molar-refractivity contribution in [1.29, 1.82) is 0 Å². The van der Waals surface area contributed by atoms with Crippen molar-refractivity contribution in [3.8, 4) is 5.75 Å². The van der Waals surface area contributed by atoms with Gasteiger partial charge in [-0.25, -0.2) is 0 Å². The average Bonchev–Trinajstić information content (AvgIpc) is 2.13. The fourth-order valence-electron chi connectivity index (χ4n) is 1.08. The summed E-state index contributed by atoms with van der Waals surface area (Å²) < 4.78 is 0. The molecular formula is C11H15NO. The molecule has 0 spiro atoms. The molecule has 0 atom stereocenters. The van der Waals surface area contributed by atoms with Crippen molar-refractivity contribution in [2.75, 3.05) is 13.6 Å². The van der Waals surface area contributed by atoms with E-state index in [1.165, 1.54) is 0 Å². The number of hydrogen-bond acceptors (Lipinski definition) is 2. The number of aromatic hydroxyl groups is 1. The second-order valence-electron chi connectivity index (χ2n) is 2.89. The van der Waals surface area contributed by atoms with Gasteiger partial charge in [-0.05, 0) is 37.7 Å². The van der Waals surface area contributed by atoms with Crippen LogP contribution >= 0.6 is 0 Å². The van der Waals surface area contributed by atoms with Gasteiger partial charge in [0.25, 0.3) is 0 Å². The molecule has 0 heterocycles. The molecule has 0 saturated heterocycles. The molecule has 0 aliphatic carbocycles. The van der Waals surface area contributed by atoms with Crippen LogP contribution in [-0.4, -0.2) is 18.7 Å². The zero-order valence-electron chi connectivity index (χ0n) is 7.83. The first-order chi connectivity index (χ1) is 6.33. The van der Waals surface area contributed by atoms with E-state index in [0.29, 0.717) is 5.75 Å². The molecule has 0 aliphatic rings. The Morgan fingerprint density at radius 1 is 1.46 bits per heavy atom. The Balaban J connectivity index is 2.48. The Kier molecular flexibility index (Phi) is 4.06. The Labute approximate surface area is 78.9 Å². The van der Waals surface area contributed by atoms with E-state index in [0.717, 1.165) is 18.5 Å². The van der Waals surface area contributed by atoms with Crippen molar-refractivity contribution in [3.63, 3.8) is 0 Å². The van der Waals surface area contributed by atoms with Crippen molar-refractivity contribution >= 4 is 6.08 Å². The second kappa shape index (κ2) is 5.38. The monoisotopic (exact) mass is 177 g/mol. The summed E-state index contributed by atoms with van der Waals surface area (Å²) in [5, 5.41) is 12.2. The summed E-state index contributed by atoms with van der Waals surface area (Å²) in [6.07, 6.45) is 5.11. The van der Waals surface area contributed by atoms with E-state index in [1.54, 1.807) is 12.1 Å². The van der Waals surface area contributed by atoms with Crippen molar-refractivity contribution in [2.45, 2.75) is 6.42 Å². The van der Waals surface area contributed by atoms with Crippen molar-refractivity contribution in [2.24, 2.45) is 0 Å². The zero-order chi connectivity index (χ0) is 9.52. The van der Waals surface area contributed by atoms with E-state index in [2.05, 4.69) is 11.4 Å². The molecule has 70 valence electrons.